The molecule has 258 valence electrons. The Labute approximate surface area is 285 Å². The van der Waals surface area contributed by atoms with Crippen molar-refractivity contribution in [1.29, 1.82) is 0 Å². The average molecular weight is 751 g/mol. The Morgan fingerprint density at radius 1 is 1.04 bits per heavy atom. The van der Waals surface area contributed by atoms with Crippen molar-refractivity contribution in [1.82, 2.24) is 14.8 Å². The summed E-state index contributed by atoms with van der Waals surface area (Å²) in [6, 6.07) is 11.6. The van der Waals surface area contributed by atoms with Gasteiger partial charge >= 0.3 is 18.6 Å². The Morgan fingerprint density at radius 3 is 2.41 bits per heavy atom. The molecule has 1 saturated heterocycles. The zero-order valence-corrected chi connectivity index (χ0v) is 26.8. The van der Waals surface area contributed by atoms with Crippen LogP contribution in [0.2, 0.25) is 0 Å². The molecule has 0 atom stereocenters. The lowest BCUT2D eigenvalue weighted by atomic mass is 10.1. The molecule has 0 bridgehead atoms. The Kier molecular flexibility index (Phi) is 10.1. The first-order valence-corrected chi connectivity index (χ1v) is 15.1. The molecule has 49 heavy (non-hydrogen) atoms. The molecule has 3 aromatic carbocycles. The summed E-state index contributed by atoms with van der Waals surface area (Å²) in [5.41, 5.74) is 0.912. The molecule has 20 heteroatoms. The number of nitrogens with one attached hydrogen (secondary N) is 1. The van der Waals surface area contributed by atoms with Crippen molar-refractivity contribution in [3.05, 3.63) is 83.9 Å². The number of urea groups is 1. The highest BCUT2D eigenvalue weighted by Gasteiger charge is 2.51. The maximum Gasteiger partial charge on any atom is 0.573 e. The fourth-order valence-electron chi connectivity index (χ4n) is 4.29. The molecule has 1 N–H and O–H groups in total. The summed E-state index contributed by atoms with van der Waals surface area (Å²) in [7, 11) is 0. The van der Waals surface area contributed by atoms with Crippen molar-refractivity contribution < 1.29 is 49.8 Å². The van der Waals surface area contributed by atoms with Gasteiger partial charge in [-0.25, -0.2) is 18.9 Å². The van der Waals surface area contributed by atoms with Crippen LogP contribution in [-0.4, -0.2) is 54.7 Å². The van der Waals surface area contributed by atoms with Crippen molar-refractivity contribution in [3.8, 4) is 22.8 Å². The highest BCUT2D eigenvalue weighted by Crippen LogP contribution is 2.47. The van der Waals surface area contributed by atoms with Crippen LogP contribution in [0.25, 0.3) is 17.1 Å². The highest BCUT2D eigenvalue weighted by atomic mass is 35.5. The normalized spacial score (nSPS) is 15.6. The number of ether oxygens (including phenoxy) is 2. The maximum atomic E-state index is 15.1. The monoisotopic (exact) mass is 750 g/mol. The van der Waals surface area contributed by atoms with Crippen molar-refractivity contribution in [2.45, 2.75) is 29.7 Å². The van der Waals surface area contributed by atoms with Crippen molar-refractivity contribution in [2.75, 3.05) is 16.8 Å². The van der Waals surface area contributed by atoms with Crippen LogP contribution in [0.4, 0.5) is 46.9 Å². The summed E-state index contributed by atoms with van der Waals surface area (Å²) >= 11 is 12.8. The fraction of sp³-hybridized carbons (Fsp3) is 0.207. The number of aromatic nitrogens is 3. The molecule has 0 unspecified atom stereocenters. The van der Waals surface area contributed by atoms with Gasteiger partial charge in [-0.2, -0.15) is 18.2 Å². The number of hydrogen-bond acceptors (Lipinski definition) is 7. The van der Waals surface area contributed by atoms with Gasteiger partial charge in [0.2, 0.25) is 3.67 Å². The zero-order valence-electron chi connectivity index (χ0n) is 24.4. The zero-order chi connectivity index (χ0) is 35.7. The number of rotatable bonds is 8. The van der Waals surface area contributed by atoms with E-state index >= 15 is 4.39 Å². The van der Waals surface area contributed by atoms with Crippen molar-refractivity contribution in [3.63, 3.8) is 0 Å². The second-order valence-corrected chi connectivity index (χ2v) is 13.0. The van der Waals surface area contributed by atoms with Gasteiger partial charge in [0.1, 0.15) is 24.5 Å². The number of amidine groups is 1. The molecule has 2 heterocycles. The Morgan fingerprint density at radius 2 is 1.76 bits per heavy atom. The van der Waals surface area contributed by atoms with E-state index in [0.717, 1.165) is 23.1 Å². The minimum atomic E-state index is -4.86. The van der Waals surface area contributed by atoms with Crippen molar-refractivity contribution >= 4 is 63.4 Å². The quantitative estimate of drug-likeness (QED) is 0.143. The minimum Gasteiger partial charge on any atom is -0.406 e. The summed E-state index contributed by atoms with van der Waals surface area (Å²) in [4.78, 5) is 34.8. The van der Waals surface area contributed by atoms with Gasteiger partial charge in [0.15, 0.2) is 11.0 Å². The molecule has 0 radical (unpaired) electrons. The van der Waals surface area contributed by atoms with Crippen LogP contribution in [0, 0.1) is 12.7 Å². The predicted molar refractivity (Wildman–Crippen MR) is 166 cm³/mol. The van der Waals surface area contributed by atoms with Gasteiger partial charge in [0.05, 0.1) is 23.7 Å². The van der Waals surface area contributed by atoms with E-state index in [1.807, 2.05) is 0 Å². The number of alkyl halides is 8. The number of aryl methyl sites for hydroxylation is 1. The molecule has 0 saturated carbocycles. The Bertz CT molecular complexity index is 1920. The van der Waals surface area contributed by atoms with E-state index in [9.17, 15) is 35.9 Å². The first kappa shape index (κ1) is 35.9. The second kappa shape index (κ2) is 13.9. The van der Waals surface area contributed by atoms with Crippen LogP contribution in [0.15, 0.2) is 72.0 Å². The van der Waals surface area contributed by atoms with Crippen molar-refractivity contribution in [2.24, 2.45) is 4.99 Å². The summed E-state index contributed by atoms with van der Waals surface area (Å²) in [6.07, 6.45) is -8.21. The van der Waals surface area contributed by atoms with Gasteiger partial charge in [0, 0.05) is 11.1 Å². The van der Waals surface area contributed by atoms with Crippen LogP contribution in [-0.2, 0) is 16.1 Å². The van der Waals surface area contributed by atoms with E-state index in [4.69, 9.17) is 27.9 Å². The molecule has 5 rings (SSSR count). The van der Waals surface area contributed by atoms with Gasteiger partial charge in [0.25, 0.3) is 5.91 Å². The Hall–Kier alpha value is -4.39. The predicted octanol–water partition coefficient (Wildman–Crippen LogP) is 8.16. The highest BCUT2D eigenvalue weighted by molar-refractivity contribution is 8.19. The molecule has 1 aliphatic heterocycles. The molecule has 3 amide bonds. The van der Waals surface area contributed by atoms with Gasteiger partial charge in [-0.15, -0.1) is 18.3 Å². The summed E-state index contributed by atoms with van der Waals surface area (Å²) in [5, 5.41) is 6.08. The smallest absolute Gasteiger partial charge is 0.406 e. The average Bonchev–Trinajstić information content (AvgIpc) is 3.56. The first-order valence-electron chi connectivity index (χ1n) is 13.5. The lowest BCUT2D eigenvalue weighted by Gasteiger charge is -2.21. The molecule has 1 aromatic heterocycles. The van der Waals surface area contributed by atoms with Gasteiger partial charge in [-0.3, -0.25) is 9.69 Å². The molecule has 1 aliphatic rings. The van der Waals surface area contributed by atoms with Gasteiger partial charge in [-0.1, -0.05) is 35.3 Å². The number of hydrogen-bond donors (Lipinski definition) is 1. The molecule has 1 fully saturated rings. The third kappa shape index (κ3) is 9.00. The summed E-state index contributed by atoms with van der Waals surface area (Å²) < 4.78 is 98.0. The number of carbonyl (C=O) groups excluding carboxylic acids is 2. The number of benzene rings is 3. The standard InChI is InChI=1S/C29H19Cl2F7N6O4S/c1-15-2-3-17(12-47-13-27(33,34)35)22(10-15)44-24(45)28(30,31)49-26(44)41-25(46)40-21-9-4-16(11-20(21)32)23-39-14-43(42-23)18-5-7-19(8-6-18)48-29(36,37)38/h2-11,14H,12-13H2,1H3,(H,40,46). The lowest BCUT2D eigenvalue weighted by molar-refractivity contribution is -0.274. The van der Waals surface area contributed by atoms with E-state index in [-0.39, 0.29) is 33.5 Å². The van der Waals surface area contributed by atoms with E-state index in [2.05, 4.69) is 25.1 Å². The molecule has 10 nitrogen and oxygen atoms in total. The number of anilines is 2. The lowest BCUT2D eigenvalue weighted by Crippen LogP contribution is -2.35. The number of thioether (sulfide) groups is 1. The number of halogens is 9. The molecular formula is C29H19Cl2F7N6O4S. The third-order valence-corrected chi connectivity index (χ3v) is 8.03. The largest absolute Gasteiger partial charge is 0.573 e. The minimum absolute atomic E-state index is 0.0162. The van der Waals surface area contributed by atoms with E-state index < -0.39 is 52.9 Å². The number of nitrogens with zero attached hydrogens (tertiary/aromatic N) is 5. The van der Waals surface area contributed by atoms with Gasteiger partial charge < -0.3 is 14.8 Å². The molecule has 4 aromatic rings. The van der Waals surface area contributed by atoms with Crippen LogP contribution in [0.3, 0.4) is 0 Å². The van der Waals surface area contributed by atoms with Crippen LogP contribution < -0.4 is 15.0 Å². The van der Waals surface area contributed by atoms with E-state index in [0.29, 0.717) is 23.0 Å². The molecular weight excluding hydrogens is 732 g/mol. The summed E-state index contributed by atoms with van der Waals surface area (Å²) in [5.74, 6) is -2.29. The first-order chi connectivity index (χ1) is 22.9. The molecule has 0 spiro atoms. The summed E-state index contributed by atoms with van der Waals surface area (Å²) in [6.45, 7) is -0.466. The van der Waals surface area contributed by atoms with E-state index in [1.165, 1.54) is 47.4 Å². The fourth-order valence-corrected chi connectivity index (χ4v) is 5.68. The number of carbonyl (C=O) groups is 2. The van der Waals surface area contributed by atoms with Crippen LogP contribution in [0.1, 0.15) is 11.1 Å². The third-order valence-electron chi connectivity index (χ3n) is 6.36. The number of amides is 3. The topological polar surface area (TPSA) is 111 Å². The maximum absolute atomic E-state index is 15.1. The number of aliphatic imine (C=N–C) groups is 1. The van der Waals surface area contributed by atoms with E-state index in [1.54, 1.807) is 13.0 Å². The SMILES string of the molecule is Cc1ccc(COCC(F)(F)F)c(N2C(=O)C(Cl)(Cl)SC2=NC(=O)Nc2ccc(-c3ncn(-c4ccc(OC(F)(F)F)cc4)n3)cc2F)c1. The molecule has 0 aliphatic carbocycles. The Balaban J connectivity index is 1.33. The van der Waals surface area contributed by atoms with Gasteiger partial charge in [-0.05, 0) is 72.8 Å². The van der Waals surface area contributed by atoms with Crippen LogP contribution in [0.5, 0.6) is 5.75 Å². The van der Waals surface area contributed by atoms with Crippen LogP contribution >= 0.6 is 35.0 Å². The second-order valence-electron chi connectivity index (χ2n) is 10.1.